The molecule has 7 heterocycles. The van der Waals surface area contributed by atoms with E-state index in [9.17, 15) is 14.4 Å². The number of Topliss-reactive ketones (excluding diaryl/α,β-unsaturated/α-hetero) is 1. The number of halogens is 2. The number of H-pyrrole nitrogens is 1. The summed E-state index contributed by atoms with van der Waals surface area (Å²) in [4.78, 5) is 61.4. The van der Waals surface area contributed by atoms with E-state index in [1.165, 1.54) is 43.5 Å². The molecule has 4 unspecified atom stereocenters. The number of nitrogens with zero attached hydrogens (tertiary/aromatic N) is 9. The molecule has 1 aliphatic carbocycles. The molecule has 18 heteroatoms. The van der Waals surface area contributed by atoms with Gasteiger partial charge in [0.05, 0.1) is 46.7 Å². The number of nitrogens with one attached hydrogen (secondary N) is 1. The summed E-state index contributed by atoms with van der Waals surface area (Å²) in [7, 11) is 1.69. The van der Waals surface area contributed by atoms with Gasteiger partial charge in [0, 0.05) is 42.5 Å². The first-order valence-electron chi connectivity index (χ1n) is 22.0. The SMILES string of the molecule is Cc1cc(-n2nc3c(c2-n2ccn(-c4ccc5c(cnn5C)c4F)c2=O)C(C)N(C(=O)c2cc4cc(C5CCOC(C)(C)C5)ccc4n2C2(c4noc(=O)[nH]4)CC2C)CC3=O)cc(C)c1F. The second-order valence-corrected chi connectivity index (χ2v) is 18.8. The number of ether oxygens (including phenoxy) is 1. The van der Waals surface area contributed by atoms with Crippen LogP contribution in [0.4, 0.5) is 8.78 Å². The standard InChI is InChI=1S/C48H46F2N10O6/c1-24-16-31(17-25(2)39(24)49)60-42(57-14-13-56(46(57)64)35-11-10-34-32(40(35)50)22-51-55(34)7)38-27(4)58(23-37(61)41(38)53-60)43(62)36-19-30-18-28(29-12-15-65-47(5,6)21-29)8-9-33(30)59(36)48(20-26(48)3)44-52-45(63)66-54-44/h8-11,13-14,16-19,22,26-27,29H,12,15,20-21,23H2,1-7H3,(H,52,54,63). The third kappa shape index (κ3) is 6.06. The number of hydrogen-bond donors (Lipinski definition) is 1. The molecule has 1 saturated carbocycles. The van der Waals surface area contributed by atoms with Gasteiger partial charge in [0.15, 0.2) is 17.5 Å². The first-order valence-corrected chi connectivity index (χ1v) is 22.0. The molecule has 1 amide bonds. The lowest BCUT2D eigenvalue weighted by atomic mass is 9.83. The number of amides is 1. The Morgan fingerprint density at radius 3 is 2.35 bits per heavy atom. The van der Waals surface area contributed by atoms with Gasteiger partial charge in [-0.2, -0.15) is 10.2 Å². The predicted molar refractivity (Wildman–Crippen MR) is 238 cm³/mol. The van der Waals surface area contributed by atoms with Crippen molar-refractivity contribution in [2.45, 2.75) is 83.9 Å². The van der Waals surface area contributed by atoms with Crippen LogP contribution in [0.3, 0.4) is 0 Å². The molecular formula is C48H46F2N10O6. The molecule has 2 aliphatic heterocycles. The van der Waals surface area contributed by atoms with Crippen LogP contribution in [0.25, 0.3) is 39.0 Å². The van der Waals surface area contributed by atoms with Crippen molar-refractivity contribution in [3.63, 3.8) is 0 Å². The van der Waals surface area contributed by atoms with Crippen LogP contribution in [0.1, 0.15) is 108 Å². The highest BCUT2D eigenvalue weighted by molar-refractivity contribution is 6.06. The number of carbonyl (C=O) groups is 2. The zero-order chi connectivity index (χ0) is 46.3. The Kier molecular flexibility index (Phi) is 9.05. The smallest absolute Gasteiger partial charge is 0.376 e. The number of carbonyl (C=O) groups excluding carboxylic acids is 2. The lowest BCUT2D eigenvalue weighted by Crippen LogP contribution is -2.43. The molecule has 16 nitrogen and oxygen atoms in total. The number of imidazole rings is 1. The molecule has 0 bridgehead atoms. The quantitative estimate of drug-likeness (QED) is 0.175. The van der Waals surface area contributed by atoms with Crippen LogP contribution in [-0.4, -0.2) is 78.7 Å². The van der Waals surface area contributed by atoms with E-state index in [4.69, 9.17) is 14.4 Å². The molecule has 8 aromatic rings. The van der Waals surface area contributed by atoms with Gasteiger partial charge in [0.1, 0.15) is 22.7 Å². The van der Waals surface area contributed by atoms with E-state index in [0.29, 0.717) is 35.4 Å². The largest absolute Gasteiger partial charge is 0.438 e. The van der Waals surface area contributed by atoms with Crippen LogP contribution in [-0.2, 0) is 17.3 Å². The van der Waals surface area contributed by atoms with E-state index in [-0.39, 0.29) is 63.6 Å². The lowest BCUT2D eigenvalue weighted by Gasteiger charge is -2.35. The summed E-state index contributed by atoms with van der Waals surface area (Å²) in [5.41, 5.74) is 1.96. The molecule has 1 saturated heterocycles. The van der Waals surface area contributed by atoms with Gasteiger partial charge in [0.25, 0.3) is 5.91 Å². The van der Waals surface area contributed by atoms with Crippen LogP contribution in [0.15, 0.2) is 81.2 Å². The summed E-state index contributed by atoms with van der Waals surface area (Å²) in [6, 6.07) is 13.4. The van der Waals surface area contributed by atoms with Crippen molar-refractivity contribution in [2.24, 2.45) is 13.0 Å². The normalized spacial score (nSPS) is 21.6. The number of benzene rings is 3. The number of aryl methyl sites for hydroxylation is 3. The van der Waals surface area contributed by atoms with Crippen molar-refractivity contribution in [3.8, 4) is 17.2 Å². The predicted octanol–water partition coefficient (Wildman–Crippen LogP) is 7.08. The van der Waals surface area contributed by atoms with Gasteiger partial charge in [-0.25, -0.2) is 23.1 Å². The van der Waals surface area contributed by atoms with Gasteiger partial charge < -0.3 is 14.2 Å². The number of ketones is 1. The average Bonchev–Trinajstić information content (AvgIpc) is 3.92. The maximum atomic E-state index is 16.1. The number of aromatic amines is 1. The average molecular weight is 897 g/mol. The van der Waals surface area contributed by atoms with Crippen LogP contribution < -0.4 is 11.4 Å². The molecule has 1 N–H and O–H groups in total. The zero-order valence-corrected chi connectivity index (χ0v) is 37.3. The summed E-state index contributed by atoms with van der Waals surface area (Å²) < 4.78 is 49.6. The molecule has 4 atom stereocenters. The lowest BCUT2D eigenvalue weighted by molar-refractivity contribution is -0.0592. The fraction of sp³-hybridized carbons (Fsp3) is 0.354. The monoisotopic (exact) mass is 896 g/mol. The van der Waals surface area contributed by atoms with Crippen molar-refractivity contribution in [2.75, 3.05) is 13.2 Å². The topological polar surface area (TPSA) is 173 Å². The van der Waals surface area contributed by atoms with Crippen molar-refractivity contribution >= 4 is 33.5 Å². The maximum absolute atomic E-state index is 16.1. The maximum Gasteiger partial charge on any atom is 0.438 e. The summed E-state index contributed by atoms with van der Waals surface area (Å²) in [5, 5.41) is 14.1. The van der Waals surface area contributed by atoms with Crippen molar-refractivity contribution < 1.29 is 27.6 Å². The van der Waals surface area contributed by atoms with Crippen molar-refractivity contribution in [1.29, 1.82) is 0 Å². The number of rotatable bonds is 7. The Hall–Kier alpha value is -7.21. The molecular weight excluding hydrogens is 851 g/mol. The minimum absolute atomic E-state index is 0.0261. The highest BCUT2D eigenvalue weighted by Gasteiger charge is 2.59. The number of aromatic nitrogens is 9. The Morgan fingerprint density at radius 2 is 1.65 bits per heavy atom. The molecule has 66 heavy (non-hydrogen) atoms. The first-order chi connectivity index (χ1) is 31.5. The molecule has 5 aromatic heterocycles. The Morgan fingerprint density at radius 1 is 0.924 bits per heavy atom. The zero-order valence-electron chi connectivity index (χ0n) is 37.3. The van der Waals surface area contributed by atoms with Gasteiger partial charge in [-0.15, -0.1) is 0 Å². The minimum Gasteiger partial charge on any atom is -0.376 e. The van der Waals surface area contributed by atoms with Crippen molar-refractivity contribution in [1.82, 2.24) is 48.3 Å². The van der Waals surface area contributed by atoms with E-state index >= 15 is 13.6 Å². The Labute approximate surface area is 375 Å². The van der Waals surface area contributed by atoms with E-state index < -0.39 is 46.4 Å². The molecule has 0 spiro atoms. The van der Waals surface area contributed by atoms with E-state index in [1.54, 1.807) is 46.0 Å². The van der Waals surface area contributed by atoms with Gasteiger partial charge in [-0.3, -0.25) is 32.9 Å². The minimum atomic E-state index is -0.950. The third-order valence-electron chi connectivity index (χ3n) is 14.1. The van der Waals surface area contributed by atoms with Gasteiger partial charge in [-0.1, -0.05) is 18.1 Å². The van der Waals surface area contributed by atoms with E-state index in [0.717, 1.165) is 33.9 Å². The van der Waals surface area contributed by atoms with E-state index in [1.807, 2.05) is 23.6 Å². The second-order valence-electron chi connectivity index (χ2n) is 18.8. The number of hydrogen-bond acceptors (Lipinski definition) is 9. The Balaban J connectivity index is 1.08. The Bertz CT molecular complexity index is 3470. The highest BCUT2D eigenvalue weighted by atomic mass is 19.1. The van der Waals surface area contributed by atoms with Crippen LogP contribution >= 0.6 is 0 Å². The molecule has 2 fully saturated rings. The summed E-state index contributed by atoms with van der Waals surface area (Å²) in [6.07, 6.45) is 6.46. The number of fused-ring (bicyclic) bond motifs is 3. The first kappa shape index (κ1) is 41.5. The summed E-state index contributed by atoms with van der Waals surface area (Å²) >= 11 is 0. The molecule has 3 aromatic carbocycles. The summed E-state index contributed by atoms with van der Waals surface area (Å²) in [6.45, 7) is 11.4. The van der Waals surface area contributed by atoms with E-state index in [2.05, 4.69) is 41.2 Å². The van der Waals surface area contributed by atoms with Crippen LogP contribution in [0.5, 0.6) is 0 Å². The molecule has 338 valence electrons. The van der Waals surface area contributed by atoms with Gasteiger partial charge in [-0.05, 0) is 125 Å². The van der Waals surface area contributed by atoms with Crippen LogP contribution in [0, 0.1) is 31.4 Å². The van der Waals surface area contributed by atoms with Crippen LogP contribution in [0.2, 0.25) is 0 Å². The van der Waals surface area contributed by atoms with Crippen molar-refractivity contribution in [3.05, 3.63) is 139 Å². The third-order valence-corrected chi connectivity index (χ3v) is 14.1. The second kappa shape index (κ2) is 14.4. The fourth-order valence-corrected chi connectivity index (χ4v) is 10.6. The van der Waals surface area contributed by atoms with Gasteiger partial charge in [0.2, 0.25) is 5.78 Å². The molecule has 3 aliphatic rings. The fourth-order valence-electron chi connectivity index (χ4n) is 10.6. The summed E-state index contributed by atoms with van der Waals surface area (Å²) in [5.74, 6) is -2.22. The highest BCUT2D eigenvalue weighted by Crippen LogP contribution is 2.56. The van der Waals surface area contributed by atoms with Gasteiger partial charge >= 0.3 is 11.4 Å². The molecule has 11 rings (SSSR count). The molecule has 0 radical (unpaired) electrons.